The molecule has 0 bridgehead atoms. The van der Waals surface area contributed by atoms with Crippen molar-refractivity contribution in [2.75, 3.05) is 0 Å². The minimum Gasteiger partial charge on any atom is -0.376 e. The molecular formula is C7H12N2O. The minimum absolute atomic E-state index is 0.0318. The number of hydrogen-bond donors (Lipinski definition) is 1. The average Bonchev–Trinajstić information content (AvgIpc) is 2.30. The summed E-state index contributed by atoms with van der Waals surface area (Å²) in [6, 6.07) is 0. The molecule has 1 aromatic rings. The van der Waals surface area contributed by atoms with Crippen molar-refractivity contribution < 1.29 is 5.11 Å². The van der Waals surface area contributed by atoms with E-state index in [9.17, 15) is 0 Å². The first kappa shape index (κ1) is 7.28. The number of nitrogens with zero attached hydrogens (tertiary/aromatic N) is 2. The van der Waals surface area contributed by atoms with E-state index in [1.807, 2.05) is 20.0 Å². The van der Waals surface area contributed by atoms with E-state index in [-0.39, 0.29) is 6.73 Å². The van der Waals surface area contributed by atoms with E-state index in [0.717, 1.165) is 17.9 Å². The molecule has 10 heavy (non-hydrogen) atoms. The van der Waals surface area contributed by atoms with Gasteiger partial charge in [-0.3, -0.25) is 0 Å². The molecule has 3 nitrogen and oxygen atoms in total. The Morgan fingerprint density at radius 1 is 1.70 bits per heavy atom. The van der Waals surface area contributed by atoms with Crippen molar-refractivity contribution in [2.45, 2.75) is 27.0 Å². The summed E-state index contributed by atoms with van der Waals surface area (Å²) in [4.78, 5) is 4.20. The normalized spacial score (nSPS) is 10.3. The van der Waals surface area contributed by atoms with Gasteiger partial charge in [0.25, 0.3) is 0 Å². The maximum Gasteiger partial charge on any atom is 0.120 e. The first-order valence-electron chi connectivity index (χ1n) is 3.41. The van der Waals surface area contributed by atoms with Crippen molar-refractivity contribution in [3.63, 3.8) is 0 Å². The lowest BCUT2D eigenvalue weighted by molar-refractivity contribution is 0.206. The van der Waals surface area contributed by atoms with Crippen LogP contribution in [0.2, 0.25) is 0 Å². The van der Waals surface area contributed by atoms with Gasteiger partial charge < -0.3 is 9.67 Å². The highest BCUT2D eigenvalue weighted by Gasteiger charge is 1.99. The first-order chi connectivity index (χ1) is 4.77. The topological polar surface area (TPSA) is 38.0 Å². The Hall–Kier alpha value is -0.830. The fourth-order valence-electron chi connectivity index (χ4n) is 1.00. The molecule has 0 unspecified atom stereocenters. The van der Waals surface area contributed by atoms with Crippen LogP contribution in [0, 0.1) is 6.92 Å². The molecule has 0 atom stereocenters. The summed E-state index contributed by atoms with van der Waals surface area (Å²) >= 11 is 0. The van der Waals surface area contributed by atoms with Crippen molar-refractivity contribution in [3.05, 3.63) is 17.7 Å². The first-order valence-corrected chi connectivity index (χ1v) is 3.41. The van der Waals surface area contributed by atoms with Crippen molar-refractivity contribution in [1.29, 1.82) is 0 Å². The van der Waals surface area contributed by atoms with Crippen LogP contribution in [0.5, 0.6) is 0 Å². The van der Waals surface area contributed by atoms with E-state index < -0.39 is 0 Å². The molecule has 3 heteroatoms. The van der Waals surface area contributed by atoms with Gasteiger partial charge in [-0.05, 0) is 6.92 Å². The average molecular weight is 140 g/mol. The van der Waals surface area contributed by atoms with Crippen LogP contribution in [0.1, 0.15) is 18.4 Å². The van der Waals surface area contributed by atoms with Gasteiger partial charge in [0, 0.05) is 12.6 Å². The van der Waals surface area contributed by atoms with E-state index in [2.05, 4.69) is 4.98 Å². The molecule has 1 N–H and O–H groups in total. The summed E-state index contributed by atoms with van der Waals surface area (Å²) in [7, 11) is 0. The molecule has 0 saturated heterocycles. The zero-order valence-electron chi connectivity index (χ0n) is 6.33. The second-order valence-corrected chi connectivity index (χ2v) is 2.26. The monoisotopic (exact) mass is 140 g/mol. The Bertz CT molecular complexity index is 196. The molecule has 0 radical (unpaired) electrons. The molecule has 0 aliphatic heterocycles. The maximum atomic E-state index is 8.79. The molecule has 0 spiro atoms. The summed E-state index contributed by atoms with van der Waals surface area (Å²) in [6.07, 6.45) is 2.72. The largest absolute Gasteiger partial charge is 0.376 e. The van der Waals surface area contributed by atoms with Gasteiger partial charge in [-0.25, -0.2) is 4.98 Å². The third-order valence-electron chi connectivity index (χ3n) is 1.45. The molecule has 56 valence electrons. The van der Waals surface area contributed by atoms with E-state index in [1.54, 1.807) is 4.57 Å². The molecule has 1 rings (SSSR count). The number of aromatic nitrogens is 2. The van der Waals surface area contributed by atoms with Crippen molar-refractivity contribution in [1.82, 2.24) is 9.55 Å². The number of hydrogen-bond acceptors (Lipinski definition) is 2. The molecule has 0 amide bonds. The maximum absolute atomic E-state index is 8.79. The summed E-state index contributed by atoms with van der Waals surface area (Å²) in [5.74, 6) is 0.944. The van der Waals surface area contributed by atoms with Gasteiger partial charge in [-0.1, -0.05) is 6.92 Å². The number of aliphatic hydroxyl groups is 1. The number of imidazole rings is 1. The highest BCUT2D eigenvalue weighted by atomic mass is 16.3. The van der Waals surface area contributed by atoms with Gasteiger partial charge in [-0.2, -0.15) is 0 Å². The van der Waals surface area contributed by atoms with E-state index in [1.165, 1.54) is 0 Å². The van der Waals surface area contributed by atoms with Gasteiger partial charge in [0.2, 0.25) is 0 Å². The second-order valence-electron chi connectivity index (χ2n) is 2.26. The Morgan fingerprint density at radius 3 is 2.80 bits per heavy atom. The van der Waals surface area contributed by atoms with Crippen LogP contribution < -0.4 is 0 Å². The highest BCUT2D eigenvalue weighted by molar-refractivity contribution is 5.01. The van der Waals surface area contributed by atoms with Crippen molar-refractivity contribution in [3.8, 4) is 0 Å². The second kappa shape index (κ2) is 2.84. The summed E-state index contributed by atoms with van der Waals surface area (Å²) < 4.78 is 1.75. The fourth-order valence-corrected chi connectivity index (χ4v) is 1.00. The standard InChI is InChI=1S/C7H12N2O/c1-3-7-8-6(2)4-9(7)5-10/h4,10H,3,5H2,1-2H3. The van der Waals surface area contributed by atoms with E-state index >= 15 is 0 Å². The van der Waals surface area contributed by atoms with Crippen LogP contribution in [0.25, 0.3) is 0 Å². The quantitative estimate of drug-likeness (QED) is 0.656. The van der Waals surface area contributed by atoms with Gasteiger partial charge in [0.05, 0.1) is 5.69 Å². The Kier molecular flexibility index (Phi) is 2.06. The van der Waals surface area contributed by atoms with Crippen LogP contribution in [-0.2, 0) is 13.2 Å². The Morgan fingerprint density at radius 2 is 2.40 bits per heavy atom. The van der Waals surface area contributed by atoms with E-state index in [4.69, 9.17) is 5.11 Å². The lowest BCUT2D eigenvalue weighted by Crippen LogP contribution is -2.00. The third-order valence-corrected chi connectivity index (χ3v) is 1.45. The minimum atomic E-state index is 0.0318. The van der Waals surface area contributed by atoms with Gasteiger partial charge in [-0.15, -0.1) is 0 Å². The third kappa shape index (κ3) is 1.19. The zero-order valence-corrected chi connectivity index (χ0v) is 6.33. The molecular weight excluding hydrogens is 128 g/mol. The SMILES string of the molecule is CCc1nc(C)cn1CO. The van der Waals surface area contributed by atoms with Crippen LogP contribution >= 0.6 is 0 Å². The van der Waals surface area contributed by atoms with Crippen LogP contribution in [0.15, 0.2) is 6.20 Å². The van der Waals surface area contributed by atoms with Crippen molar-refractivity contribution in [2.24, 2.45) is 0 Å². The summed E-state index contributed by atoms with van der Waals surface area (Å²) in [5.41, 5.74) is 0.964. The van der Waals surface area contributed by atoms with Crippen molar-refractivity contribution >= 4 is 0 Å². The molecule has 1 aromatic heterocycles. The van der Waals surface area contributed by atoms with Gasteiger partial charge in [0.1, 0.15) is 12.6 Å². The van der Waals surface area contributed by atoms with Crippen LogP contribution in [-0.4, -0.2) is 14.7 Å². The zero-order chi connectivity index (χ0) is 7.56. The lowest BCUT2D eigenvalue weighted by Gasteiger charge is -1.98. The molecule has 0 aliphatic carbocycles. The number of aryl methyl sites for hydroxylation is 2. The summed E-state index contributed by atoms with van der Waals surface area (Å²) in [5, 5.41) is 8.79. The summed E-state index contributed by atoms with van der Waals surface area (Å²) in [6.45, 7) is 3.98. The smallest absolute Gasteiger partial charge is 0.120 e. The van der Waals surface area contributed by atoms with E-state index in [0.29, 0.717) is 0 Å². The fraction of sp³-hybridized carbons (Fsp3) is 0.571. The molecule has 0 aliphatic rings. The van der Waals surface area contributed by atoms with Crippen LogP contribution in [0.4, 0.5) is 0 Å². The Labute approximate surface area is 60.3 Å². The predicted molar refractivity (Wildman–Crippen MR) is 38.6 cm³/mol. The van der Waals surface area contributed by atoms with Gasteiger partial charge >= 0.3 is 0 Å². The molecule has 1 heterocycles. The molecule has 0 saturated carbocycles. The highest BCUT2D eigenvalue weighted by Crippen LogP contribution is 2.01. The van der Waals surface area contributed by atoms with Crippen LogP contribution in [0.3, 0.4) is 0 Å². The Balaban J connectivity index is 2.96. The molecule has 0 aromatic carbocycles. The predicted octanol–water partition coefficient (Wildman–Crippen LogP) is 0.704. The molecule has 0 fully saturated rings. The number of aliphatic hydroxyl groups excluding tert-OH is 1. The lowest BCUT2D eigenvalue weighted by atomic mass is 10.5. The van der Waals surface area contributed by atoms with Gasteiger partial charge in [0.15, 0.2) is 0 Å². The number of rotatable bonds is 2.